The minimum Gasteiger partial charge on any atom is -0.354 e. The number of nitrogens with one attached hydrogen (secondary N) is 2. The lowest BCUT2D eigenvalue weighted by Crippen LogP contribution is -2.57. The maximum absolute atomic E-state index is 12.1. The van der Waals surface area contributed by atoms with Gasteiger partial charge >= 0.3 is 0 Å². The van der Waals surface area contributed by atoms with Gasteiger partial charge in [0.2, 0.25) is 5.91 Å². The zero-order valence-corrected chi connectivity index (χ0v) is 11.2. The van der Waals surface area contributed by atoms with E-state index in [-0.39, 0.29) is 11.4 Å². The Balaban J connectivity index is 1.77. The van der Waals surface area contributed by atoms with Gasteiger partial charge in [-0.2, -0.15) is 5.10 Å². The molecule has 0 spiro atoms. The summed E-state index contributed by atoms with van der Waals surface area (Å²) in [7, 11) is 1.90. The molecule has 0 radical (unpaired) electrons. The van der Waals surface area contributed by atoms with Gasteiger partial charge in [0.15, 0.2) is 0 Å². The number of piperidine rings is 1. The second kappa shape index (κ2) is 5.52. The summed E-state index contributed by atoms with van der Waals surface area (Å²) in [5, 5.41) is 10.6. The number of aryl methyl sites for hydroxylation is 1. The Labute approximate surface area is 108 Å². The van der Waals surface area contributed by atoms with E-state index in [1.807, 2.05) is 26.2 Å². The molecule has 0 aromatic carbocycles. The molecule has 1 amide bonds. The Bertz CT molecular complexity index is 407. The van der Waals surface area contributed by atoms with Crippen molar-refractivity contribution in [1.29, 1.82) is 0 Å². The molecule has 2 rings (SSSR count). The lowest BCUT2D eigenvalue weighted by Gasteiger charge is -2.33. The van der Waals surface area contributed by atoms with Crippen LogP contribution in [0.5, 0.6) is 0 Å². The van der Waals surface area contributed by atoms with Crippen molar-refractivity contribution >= 4 is 5.91 Å². The summed E-state index contributed by atoms with van der Waals surface area (Å²) < 4.78 is 1.78. The van der Waals surface area contributed by atoms with Crippen LogP contribution in [0.25, 0.3) is 0 Å². The molecule has 1 aromatic rings. The number of hydrogen-bond donors (Lipinski definition) is 2. The fourth-order valence-electron chi connectivity index (χ4n) is 2.35. The third-order valence-corrected chi connectivity index (χ3v) is 3.56. The molecule has 5 heteroatoms. The number of hydrogen-bond acceptors (Lipinski definition) is 3. The summed E-state index contributed by atoms with van der Waals surface area (Å²) >= 11 is 0. The van der Waals surface area contributed by atoms with Crippen molar-refractivity contribution in [2.45, 2.75) is 38.1 Å². The summed E-state index contributed by atoms with van der Waals surface area (Å²) in [4.78, 5) is 12.1. The maximum Gasteiger partial charge on any atom is 0.240 e. The normalized spacial score (nSPS) is 23.9. The Kier molecular flexibility index (Phi) is 4.01. The zero-order valence-electron chi connectivity index (χ0n) is 11.2. The Morgan fingerprint density at radius 1 is 1.61 bits per heavy atom. The van der Waals surface area contributed by atoms with Gasteiger partial charge in [-0.3, -0.25) is 9.48 Å². The average Bonchev–Trinajstić information content (AvgIpc) is 2.76. The van der Waals surface area contributed by atoms with Crippen molar-refractivity contribution < 1.29 is 4.79 Å². The molecule has 5 nitrogen and oxygen atoms in total. The minimum absolute atomic E-state index is 0.109. The number of rotatable bonds is 4. The maximum atomic E-state index is 12.1. The lowest BCUT2D eigenvalue weighted by atomic mass is 9.90. The fourth-order valence-corrected chi connectivity index (χ4v) is 2.35. The topological polar surface area (TPSA) is 59.0 Å². The highest BCUT2D eigenvalue weighted by Gasteiger charge is 2.33. The summed E-state index contributed by atoms with van der Waals surface area (Å²) in [6.45, 7) is 3.57. The van der Waals surface area contributed by atoms with Gasteiger partial charge in [-0.15, -0.1) is 0 Å². The smallest absolute Gasteiger partial charge is 0.240 e. The minimum atomic E-state index is -0.387. The number of aromatic nitrogens is 2. The van der Waals surface area contributed by atoms with E-state index in [9.17, 15) is 4.79 Å². The van der Waals surface area contributed by atoms with Crippen LogP contribution >= 0.6 is 0 Å². The molecule has 0 bridgehead atoms. The van der Waals surface area contributed by atoms with Crippen LogP contribution in [-0.4, -0.2) is 34.3 Å². The van der Waals surface area contributed by atoms with Gasteiger partial charge in [-0.1, -0.05) is 0 Å². The van der Waals surface area contributed by atoms with E-state index in [4.69, 9.17) is 0 Å². The van der Waals surface area contributed by atoms with E-state index in [1.54, 1.807) is 4.68 Å². The van der Waals surface area contributed by atoms with Crippen molar-refractivity contribution in [2.75, 3.05) is 13.1 Å². The highest BCUT2D eigenvalue weighted by atomic mass is 16.2. The third-order valence-electron chi connectivity index (χ3n) is 3.56. The van der Waals surface area contributed by atoms with E-state index in [0.29, 0.717) is 6.54 Å². The monoisotopic (exact) mass is 250 g/mol. The van der Waals surface area contributed by atoms with Crippen LogP contribution in [0.3, 0.4) is 0 Å². The van der Waals surface area contributed by atoms with Crippen LogP contribution < -0.4 is 10.6 Å². The van der Waals surface area contributed by atoms with Crippen LogP contribution in [0, 0.1) is 0 Å². The predicted octanol–water partition coefficient (Wildman–Crippen LogP) is 0.611. The van der Waals surface area contributed by atoms with Gasteiger partial charge in [0.25, 0.3) is 0 Å². The quantitative estimate of drug-likeness (QED) is 0.823. The molecule has 1 fully saturated rings. The lowest BCUT2D eigenvalue weighted by molar-refractivity contribution is -0.127. The standard InChI is InChI=1S/C13H22N4O/c1-13(7-3-4-8-15-13)12(18)14-9-5-11-6-10-17(2)16-11/h6,10,15H,3-5,7-9H2,1-2H3,(H,14,18). The molecule has 18 heavy (non-hydrogen) atoms. The average molecular weight is 250 g/mol. The van der Waals surface area contributed by atoms with Crippen LogP contribution in [-0.2, 0) is 18.3 Å². The van der Waals surface area contributed by atoms with Crippen molar-refractivity contribution in [3.8, 4) is 0 Å². The van der Waals surface area contributed by atoms with Gasteiger partial charge in [0, 0.05) is 26.2 Å². The number of carbonyl (C=O) groups is 1. The van der Waals surface area contributed by atoms with E-state index in [0.717, 1.165) is 37.9 Å². The predicted molar refractivity (Wildman–Crippen MR) is 70.2 cm³/mol. The highest BCUT2D eigenvalue weighted by Crippen LogP contribution is 2.18. The number of nitrogens with zero attached hydrogens (tertiary/aromatic N) is 2. The summed E-state index contributed by atoms with van der Waals surface area (Å²) in [6.07, 6.45) is 5.90. The van der Waals surface area contributed by atoms with E-state index in [2.05, 4.69) is 15.7 Å². The van der Waals surface area contributed by atoms with E-state index in [1.165, 1.54) is 0 Å². The first kappa shape index (κ1) is 13.1. The van der Waals surface area contributed by atoms with Gasteiger partial charge in [0.05, 0.1) is 11.2 Å². The van der Waals surface area contributed by atoms with Gasteiger partial charge in [-0.05, 0) is 38.8 Å². The molecule has 2 N–H and O–H groups in total. The molecule has 1 aliphatic heterocycles. The largest absolute Gasteiger partial charge is 0.354 e. The highest BCUT2D eigenvalue weighted by molar-refractivity contribution is 5.85. The van der Waals surface area contributed by atoms with Crippen molar-refractivity contribution in [1.82, 2.24) is 20.4 Å². The van der Waals surface area contributed by atoms with Crippen molar-refractivity contribution in [3.05, 3.63) is 18.0 Å². The first-order valence-electron chi connectivity index (χ1n) is 6.62. The molecule has 1 unspecified atom stereocenters. The van der Waals surface area contributed by atoms with Crippen LogP contribution in [0.4, 0.5) is 0 Å². The van der Waals surface area contributed by atoms with E-state index >= 15 is 0 Å². The second-order valence-electron chi connectivity index (χ2n) is 5.20. The van der Waals surface area contributed by atoms with Crippen molar-refractivity contribution in [3.63, 3.8) is 0 Å². The zero-order chi connectivity index (χ0) is 13.0. The molecular formula is C13H22N4O. The number of carbonyl (C=O) groups excluding carboxylic acids is 1. The van der Waals surface area contributed by atoms with Crippen LogP contribution in [0.15, 0.2) is 12.3 Å². The van der Waals surface area contributed by atoms with E-state index < -0.39 is 0 Å². The van der Waals surface area contributed by atoms with Crippen molar-refractivity contribution in [2.24, 2.45) is 7.05 Å². The summed E-state index contributed by atoms with van der Waals surface area (Å²) in [5.74, 6) is 0.109. The molecule has 1 aliphatic rings. The Hall–Kier alpha value is -1.36. The number of amides is 1. The molecule has 1 atom stereocenters. The molecule has 2 heterocycles. The van der Waals surface area contributed by atoms with Crippen LogP contribution in [0.1, 0.15) is 31.9 Å². The second-order valence-corrected chi connectivity index (χ2v) is 5.20. The molecule has 100 valence electrons. The first-order chi connectivity index (χ1) is 8.60. The van der Waals surface area contributed by atoms with Gasteiger partial charge in [-0.25, -0.2) is 0 Å². The third kappa shape index (κ3) is 3.10. The molecular weight excluding hydrogens is 228 g/mol. The summed E-state index contributed by atoms with van der Waals surface area (Å²) in [5.41, 5.74) is 0.627. The molecule has 0 saturated carbocycles. The molecule has 0 aliphatic carbocycles. The molecule has 1 aromatic heterocycles. The first-order valence-corrected chi connectivity index (χ1v) is 6.62. The SMILES string of the molecule is Cn1ccc(CCNC(=O)C2(C)CCCCN2)n1. The Morgan fingerprint density at radius 2 is 2.44 bits per heavy atom. The van der Waals surface area contributed by atoms with Gasteiger partial charge < -0.3 is 10.6 Å². The van der Waals surface area contributed by atoms with Gasteiger partial charge in [0.1, 0.15) is 0 Å². The fraction of sp³-hybridized carbons (Fsp3) is 0.692. The molecule has 1 saturated heterocycles. The Morgan fingerprint density at radius 3 is 3.06 bits per heavy atom. The summed E-state index contributed by atoms with van der Waals surface area (Å²) in [6, 6.07) is 1.98. The van der Waals surface area contributed by atoms with Crippen LogP contribution in [0.2, 0.25) is 0 Å².